The summed E-state index contributed by atoms with van der Waals surface area (Å²) in [6.45, 7) is 5.99. The number of hydrogen-bond acceptors (Lipinski definition) is 2. The topological polar surface area (TPSA) is 61.2 Å². The first-order chi connectivity index (χ1) is 14.9. The summed E-state index contributed by atoms with van der Waals surface area (Å²) in [5.74, 6) is -0.505. The Hall–Kier alpha value is -3.73. The number of carbonyl (C=O) groups is 2. The molecule has 156 valence electrons. The van der Waals surface area contributed by atoms with Crippen LogP contribution in [0.1, 0.15) is 44.2 Å². The highest BCUT2D eigenvalue weighted by Gasteiger charge is 2.47. The smallest absolute Gasteiger partial charge is 0.304 e. The molecule has 5 heteroatoms. The Bertz CT molecular complexity index is 1170. The maximum Gasteiger partial charge on any atom is 0.304 e. The Morgan fingerprint density at radius 3 is 2.39 bits per heavy atom. The summed E-state index contributed by atoms with van der Waals surface area (Å²) in [6, 6.07) is 22.3. The van der Waals surface area contributed by atoms with Gasteiger partial charge < -0.3 is 5.32 Å². The number of hydrogen-bond donors (Lipinski definition) is 2. The Morgan fingerprint density at radius 1 is 0.935 bits per heavy atom. The molecule has 0 spiro atoms. The van der Waals surface area contributed by atoms with Crippen molar-refractivity contribution in [3.05, 3.63) is 106 Å². The van der Waals surface area contributed by atoms with Crippen molar-refractivity contribution in [3.8, 4) is 0 Å². The van der Waals surface area contributed by atoms with E-state index in [0.29, 0.717) is 5.56 Å². The molecule has 2 N–H and O–H groups in total. The van der Waals surface area contributed by atoms with Gasteiger partial charge in [-0.05, 0) is 44.5 Å². The first-order valence-electron chi connectivity index (χ1n) is 10.4. The van der Waals surface area contributed by atoms with Gasteiger partial charge in [0, 0.05) is 16.7 Å². The van der Waals surface area contributed by atoms with Crippen LogP contribution in [0.5, 0.6) is 0 Å². The first-order valence-corrected chi connectivity index (χ1v) is 10.4. The average molecular weight is 413 g/mol. The highest BCUT2D eigenvalue weighted by Crippen LogP contribution is 2.26. The number of nitrogens with zero attached hydrogens (tertiary/aromatic N) is 1. The molecule has 1 saturated heterocycles. The van der Waals surface area contributed by atoms with Gasteiger partial charge in [-0.3, -0.25) is 9.59 Å². The molecule has 1 fully saturated rings. The summed E-state index contributed by atoms with van der Waals surface area (Å²) in [5.41, 5.74) is 8.66. The maximum atomic E-state index is 13.0. The molecule has 3 aromatic rings. The number of nitrogens with one attached hydrogen (secondary N) is 2. The Morgan fingerprint density at radius 2 is 1.68 bits per heavy atom. The summed E-state index contributed by atoms with van der Waals surface area (Å²) >= 11 is 0. The van der Waals surface area contributed by atoms with E-state index in [2.05, 4.69) is 10.7 Å². The summed E-state index contributed by atoms with van der Waals surface area (Å²) in [7, 11) is 0. The zero-order valence-corrected chi connectivity index (χ0v) is 17.9. The molecule has 0 aliphatic carbocycles. The Labute approximate surface area is 182 Å². The lowest BCUT2D eigenvalue weighted by Gasteiger charge is -2.15. The lowest BCUT2D eigenvalue weighted by molar-refractivity contribution is -0.596. The van der Waals surface area contributed by atoms with E-state index >= 15 is 0 Å². The van der Waals surface area contributed by atoms with Crippen LogP contribution in [0.2, 0.25) is 0 Å². The van der Waals surface area contributed by atoms with Crippen LogP contribution in [0.4, 0.5) is 0 Å². The van der Waals surface area contributed by atoms with Crippen LogP contribution in [-0.2, 0) is 4.79 Å². The van der Waals surface area contributed by atoms with Crippen LogP contribution in [0.3, 0.4) is 0 Å². The fraction of sp³-hybridized carbons (Fsp3) is 0.192. The largest absolute Gasteiger partial charge is 0.334 e. The molecular formula is C26H26N3O2+. The van der Waals surface area contributed by atoms with Gasteiger partial charge in [-0.25, -0.2) is 0 Å². The molecule has 0 unspecified atom stereocenters. The van der Waals surface area contributed by atoms with Crippen molar-refractivity contribution >= 4 is 18.0 Å². The van der Waals surface area contributed by atoms with Crippen molar-refractivity contribution in [2.75, 3.05) is 0 Å². The number of aryl methyl sites for hydroxylation is 3. The molecule has 0 bridgehead atoms. The third-order valence-corrected chi connectivity index (χ3v) is 5.59. The highest BCUT2D eigenvalue weighted by molar-refractivity contribution is 5.98. The quantitative estimate of drug-likeness (QED) is 0.643. The zero-order chi connectivity index (χ0) is 22.0. The number of hydrazine groups is 1. The SMILES string of the molecule is Cc1ccc([C@@H]2[C@@H](NC(=O)c3cccc(C)c3)C(=O)N/[N+]2=C\c2ccccc2C)cc1. The molecule has 4 rings (SSSR count). The predicted molar refractivity (Wildman–Crippen MR) is 121 cm³/mol. The summed E-state index contributed by atoms with van der Waals surface area (Å²) in [4.78, 5) is 25.9. The van der Waals surface area contributed by atoms with Gasteiger partial charge in [0.1, 0.15) is 0 Å². The molecule has 2 amide bonds. The Balaban J connectivity index is 1.72. The maximum absolute atomic E-state index is 13.0. The van der Waals surface area contributed by atoms with Gasteiger partial charge >= 0.3 is 5.91 Å². The number of hydrazone groups is 1. The summed E-state index contributed by atoms with van der Waals surface area (Å²) in [6.07, 6.45) is 1.93. The lowest BCUT2D eigenvalue weighted by Crippen LogP contribution is -2.42. The van der Waals surface area contributed by atoms with Crippen LogP contribution in [0, 0.1) is 20.8 Å². The second kappa shape index (κ2) is 8.56. The van der Waals surface area contributed by atoms with E-state index in [1.807, 2.05) is 93.7 Å². The normalized spacial score (nSPS) is 19.3. The van der Waals surface area contributed by atoms with Crippen molar-refractivity contribution in [2.24, 2.45) is 0 Å². The van der Waals surface area contributed by atoms with E-state index in [9.17, 15) is 9.59 Å². The molecule has 0 aromatic heterocycles. The van der Waals surface area contributed by atoms with Crippen LogP contribution < -0.4 is 10.7 Å². The monoisotopic (exact) mass is 412 g/mol. The van der Waals surface area contributed by atoms with E-state index in [1.165, 1.54) is 0 Å². The number of rotatable bonds is 4. The molecule has 2 atom stereocenters. The number of benzene rings is 3. The van der Waals surface area contributed by atoms with E-state index < -0.39 is 6.04 Å². The summed E-state index contributed by atoms with van der Waals surface area (Å²) in [5, 5.41) is 2.95. The van der Waals surface area contributed by atoms with Gasteiger partial charge in [0.25, 0.3) is 5.91 Å². The Kier molecular flexibility index (Phi) is 5.67. The lowest BCUT2D eigenvalue weighted by atomic mass is 9.98. The van der Waals surface area contributed by atoms with Crippen molar-refractivity contribution in [1.82, 2.24) is 10.7 Å². The molecule has 0 radical (unpaired) electrons. The number of carbonyl (C=O) groups excluding carboxylic acids is 2. The van der Waals surface area contributed by atoms with Crippen LogP contribution in [0.25, 0.3) is 0 Å². The van der Waals surface area contributed by atoms with Gasteiger partial charge in [-0.15, -0.1) is 10.1 Å². The first kappa shape index (κ1) is 20.5. The fourth-order valence-electron chi connectivity index (χ4n) is 3.84. The number of amides is 2. The van der Waals surface area contributed by atoms with Gasteiger partial charge in [-0.2, -0.15) is 0 Å². The van der Waals surface area contributed by atoms with E-state index in [1.54, 1.807) is 10.8 Å². The average Bonchev–Trinajstić information content (AvgIpc) is 3.05. The third-order valence-electron chi connectivity index (χ3n) is 5.59. The van der Waals surface area contributed by atoms with Crippen molar-refractivity contribution in [3.63, 3.8) is 0 Å². The third kappa shape index (κ3) is 4.40. The molecule has 0 saturated carbocycles. The van der Waals surface area contributed by atoms with Crippen molar-refractivity contribution in [1.29, 1.82) is 0 Å². The minimum Gasteiger partial charge on any atom is -0.334 e. The van der Waals surface area contributed by atoms with Gasteiger partial charge in [0.05, 0.1) is 0 Å². The molecular weight excluding hydrogens is 386 g/mol. The van der Waals surface area contributed by atoms with E-state index in [0.717, 1.165) is 27.8 Å². The van der Waals surface area contributed by atoms with Crippen LogP contribution in [0.15, 0.2) is 72.8 Å². The zero-order valence-electron chi connectivity index (χ0n) is 17.9. The fourth-order valence-corrected chi connectivity index (χ4v) is 3.84. The van der Waals surface area contributed by atoms with Crippen LogP contribution in [-0.4, -0.2) is 28.8 Å². The predicted octanol–water partition coefficient (Wildman–Crippen LogP) is 3.63. The minimum absolute atomic E-state index is 0.239. The second-order valence-corrected chi connectivity index (χ2v) is 8.05. The van der Waals surface area contributed by atoms with E-state index in [-0.39, 0.29) is 17.9 Å². The van der Waals surface area contributed by atoms with Crippen LogP contribution >= 0.6 is 0 Å². The van der Waals surface area contributed by atoms with Gasteiger partial charge in [0.15, 0.2) is 6.04 Å². The van der Waals surface area contributed by atoms with Crippen molar-refractivity contribution < 1.29 is 14.3 Å². The molecule has 5 nitrogen and oxygen atoms in total. The van der Waals surface area contributed by atoms with Gasteiger partial charge in [0.2, 0.25) is 12.3 Å². The van der Waals surface area contributed by atoms with Gasteiger partial charge in [-0.1, -0.05) is 65.7 Å². The summed E-state index contributed by atoms with van der Waals surface area (Å²) < 4.78 is 1.80. The molecule has 3 aromatic carbocycles. The molecule has 31 heavy (non-hydrogen) atoms. The second-order valence-electron chi connectivity index (χ2n) is 8.05. The molecule has 1 aliphatic heterocycles. The standard InChI is InChI=1S/C26H25N3O2/c1-17-11-13-20(14-12-17)24-23(27-25(30)21-10-6-7-18(2)15-21)26(31)28-29(24)16-22-9-5-4-8-19(22)3/h4-16,23-24H,1-3H3,(H-,27,28,30,31)/p+1/b29-16-/t23-,24-/m1/s1. The minimum atomic E-state index is -0.726. The van der Waals surface area contributed by atoms with Crippen molar-refractivity contribution in [2.45, 2.75) is 32.9 Å². The molecule has 1 aliphatic rings. The van der Waals surface area contributed by atoms with E-state index in [4.69, 9.17) is 0 Å². The molecule has 1 heterocycles. The highest BCUT2D eigenvalue weighted by atomic mass is 16.2.